The molecule has 1 atom stereocenters. The fourth-order valence-electron chi connectivity index (χ4n) is 1.96. The highest BCUT2D eigenvalue weighted by Crippen LogP contribution is 2.08. The Morgan fingerprint density at radius 1 is 1.20 bits per heavy atom. The molecule has 90 valence electrons. The molecule has 0 amide bonds. The largest absolute Gasteiger partial charge is 0.393 e. The molecule has 3 nitrogen and oxygen atoms in total. The van der Waals surface area contributed by atoms with E-state index in [0.717, 1.165) is 58.5 Å². The molecule has 0 aromatic heterocycles. The van der Waals surface area contributed by atoms with Crippen LogP contribution >= 0.6 is 0 Å². The molecule has 0 unspecified atom stereocenters. The predicted octanol–water partition coefficient (Wildman–Crippen LogP) is 1.65. The highest BCUT2D eigenvalue weighted by Gasteiger charge is 2.10. The molecule has 0 spiro atoms. The van der Waals surface area contributed by atoms with Crippen LogP contribution in [0.25, 0.3) is 0 Å². The fourth-order valence-corrected chi connectivity index (χ4v) is 1.96. The summed E-state index contributed by atoms with van der Waals surface area (Å²) in [6.07, 6.45) is 5.30. The SMILES string of the molecule is CCCC[C@H](O)CCCN1CCOCC1. The van der Waals surface area contributed by atoms with Crippen LogP contribution in [-0.2, 0) is 4.74 Å². The van der Waals surface area contributed by atoms with Gasteiger partial charge in [-0.3, -0.25) is 4.90 Å². The molecule has 1 N–H and O–H groups in total. The topological polar surface area (TPSA) is 32.7 Å². The molecule has 3 heteroatoms. The zero-order valence-electron chi connectivity index (χ0n) is 9.95. The summed E-state index contributed by atoms with van der Waals surface area (Å²) in [5.41, 5.74) is 0. The van der Waals surface area contributed by atoms with Crippen molar-refractivity contribution in [1.29, 1.82) is 0 Å². The average molecular weight is 215 g/mol. The van der Waals surface area contributed by atoms with E-state index < -0.39 is 0 Å². The number of ether oxygens (including phenoxy) is 1. The lowest BCUT2D eigenvalue weighted by atomic mass is 10.1. The molecule has 1 rings (SSSR count). The first-order valence-electron chi connectivity index (χ1n) is 6.31. The van der Waals surface area contributed by atoms with Gasteiger partial charge in [0.05, 0.1) is 19.3 Å². The lowest BCUT2D eigenvalue weighted by molar-refractivity contribution is 0.0350. The summed E-state index contributed by atoms with van der Waals surface area (Å²) in [7, 11) is 0. The normalized spacial score (nSPS) is 20.4. The summed E-state index contributed by atoms with van der Waals surface area (Å²) in [5, 5.41) is 9.67. The minimum atomic E-state index is -0.0778. The number of rotatable bonds is 7. The standard InChI is InChI=1S/C12H25NO2/c1-2-3-5-12(14)6-4-7-13-8-10-15-11-9-13/h12,14H,2-11H2,1H3/t12-/m0/s1. The molecule has 15 heavy (non-hydrogen) atoms. The van der Waals surface area contributed by atoms with E-state index in [9.17, 15) is 5.11 Å². The maximum Gasteiger partial charge on any atom is 0.0594 e. The van der Waals surface area contributed by atoms with Crippen LogP contribution in [0.15, 0.2) is 0 Å². The molecular formula is C12H25NO2. The Kier molecular flexibility index (Phi) is 6.98. The van der Waals surface area contributed by atoms with Gasteiger partial charge in [-0.15, -0.1) is 0 Å². The quantitative estimate of drug-likeness (QED) is 0.701. The zero-order chi connectivity index (χ0) is 10.9. The number of aliphatic hydroxyl groups is 1. The molecule has 0 radical (unpaired) electrons. The molecule has 1 aliphatic rings. The Morgan fingerprint density at radius 2 is 1.87 bits per heavy atom. The summed E-state index contributed by atoms with van der Waals surface area (Å²) >= 11 is 0. The molecule has 0 aliphatic carbocycles. The third-order valence-electron chi connectivity index (χ3n) is 3.01. The van der Waals surface area contributed by atoms with Crippen molar-refractivity contribution in [3.63, 3.8) is 0 Å². The van der Waals surface area contributed by atoms with Crippen LogP contribution in [0, 0.1) is 0 Å². The van der Waals surface area contributed by atoms with Crippen molar-refractivity contribution in [1.82, 2.24) is 4.90 Å². The Balaban J connectivity index is 1.94. The van der Waals surface area contributed by atoms with E-state index in [-0.39, 0.29) is 6.10 Å². The molecule has 0 saturated carbocycles. The van der Waals surface area contributed by atoms with Gasteiger partial charge >= 0.3 is 0 Å². The molecule has 1 saturated heterocycles. The third kappa shape index (κ3) is 6.13. The molecular weight excluding hydrogens is 190 g/mol. The number of aliphatic hydroxyl groups excluding tert-OH is 1. The van der Waals surface area contributed by atoms with Crippen LogP contribution in [0.5, 0.6) is 0 Å². The zero-order valence-corrected chi connectivity index (χ0v) is 9.95. The smallest absolute Gasteiger partial charge is 0.0594 e. The highest BCUT2D eigenvalue weighted by atomic mass is 16.5. The van der Waals surface area contributed by atoms with Crippen molar-refractivity contribution in [3.05, 3.63) is 0 Å². The molecule has 0 aromatic rings. The molecule has 1 fully saturated rings. The van der Waals surface area contributed by atoms with Crippen molar-refractivity contribution in [2.24, 2.45) is 0 Å². The van der Waals surface area contributed by atoms with Crippen LogP contribution in [0.3, 0.4) is 0 Å². The fraction of sp³-hybridized carbons (Fsp3) is 1.00. The van der Waals surface area contributed by atoms with Gasteiger partial charge in [0, 0.05) is 13.1 Å². The van der Waals surface area contributed by atoms with Crippen LogP contribution in [0.2, 0.25) is 0 Å². The second-order valence-electron chi connectivity index (χ2n) is 4.39. The van der Waals surface area contributed by atoms with Crippen molar-refractivity contribution in [3.8, 4) is 0 Å². The van der Waals surface area contributed by atoms with Crippen molar-refractivity contribution in [2.75, 3.05) is 32.8 Å². The Bertz CT molecular complexity index is 147. The number of hydrogen-bond donors (Lipinski definition) is 1. The lowest BCUT2D eigenvalue weighted by Gasteiger charge is -2.26. The second-order valence-corrected chi connectivity index (χ2v) is 4.39. The average Bonchev–Trinajstić information content (AvgIpc) is 2.28. The van der Waals surface area contributed by atoms with Gasteiger partial charge in [-0.25, -0.2) is 0 Å². The van der Waals surface area contributed by atoms with Crippen molar-refractivity contribution < 1.29 is 9.84 Å². The maximum absolute atomic E-state index is 9.67. The van der Waals surface area contributed by atoms with Crippen LogP contribution in [0.4, 0.5) is 0 Å². The minimum Gasteiger partial charge on any atom is -0.393 e. The van der Waals surface area contributed by atoms with E-state index >= 15 is 0 Å². The van der Waals surface area contributed by atoms with Gasteiger partial charge in [-0.1, -0.05) is 19.8 Å². The predicted molar refractivity (Wildman–Crippen MR) is 62.0 cm³/mol. The van der Waals surface area contributed by atoms with E-state index in [0.29, 0.717) is 0 Å². The summed E-state index contributed by atoms with van der Waals surface area (Å²) in [5.74, 6) is 0. The van der Waals surface area contributed by atoms with Gasteiger partial charge in [0.2, 0.25) is 0 Å². The summed E-state index contributed by atoms with van der Waals surface area (Å²) in [6, 6.07) is 0. The first-order valence-corrected chi connectivity index (χ1v) is 6.31. The van der Waals surface area contributed by atoms with Gasteiger partial charge in [0.1, 0.15) is 0 Å². The van der Waals surface area contributed by atoms with Gasteiger partial charge in [-0.05, 0) is 25.8 Å². The van der Waals surface area contributed by atoms with Gasteiger partial charge in [0.25, 0.3) is 0 Å². The maximum atomic E-state index is 9.67. The van der Waals surface area contributed by atoms with E-state index in [1.807, 2.05) is 0 Å². The highest BCUT2D eigenvalue weighted by molar-refractivity contribution is 4.63. The molecule has 0 aromatic carbocycles. The number of morpholine rings is 1. The third-order valence-corrected chi connectivity index (χ3v) is 3.01. The van der Waals surface area contributed by atoms with E-state index in [1.165, 1.54) is 6.42 Å². The van der Waals surface area contributed by atoms with E-state index in [4.69, 9.17) is 4.74 Å². The summed E-state index contributed by atoms with van der Waals surface area (Å²) < 4.78 is 5.29. The number of unbranched alkanes of at least 4 members (excludes halogenated alkanes) is 1. The molecule has 1 heterocycles. The van der Waals surface area contributed by atoms with Crippen LogP contribution < -0.4 is 0 Å². The Labute approximate surface area is 93.4 Å². The van der Waals surface area contributed by atoms with Crippen LogP contribution in [0.1, 0.15) is 39.0 Å². The lowest BCUT2D eigenvalue weighted by Crippen LogP contribution is -2.37. The van der Waals surface area contributed by atoms with E-state index in [2.05, 4.69) is 11.8 Å². The van der Waals surface area contributed by atoms with Gasteiger partial charge in [-0.2, -0.15) is 0 Å². The van der Waals surface area contributed by atoms with Gasteiger partial charge < -0.3 is 9.84 Å². The summed E-state index contributed by atoms with van der Waals surface area (Å²) in [4.78, 5) is 2.43. The first-order chi connectivity index (χ1) is 7.33. The minimum absolute atomic E-state index is 0.0778. The van der Waals surface area contributed by atoms with Crippen molar-refractivity contribution >= 4 is 0 Å². The summed E-state index contributed by atoms with van der Waals surface area (Å²) in [6.45, 7) is 7.15. The van der Waals surface area contributed by atoms with E-state index in [1.54, 1.807) is 0 Å². The van der Waals surface area contributed by atoms with Crippen molar-refractivity contribution in [2.45, 2.75) is 45.1 Å². The first kappa shape index (κ1) is 12.9. The van der Waals surface area contributed by atoms with Gasteiger partial charge in [0.15, 0.2) is 0 Å². The Hall–Kier alpha value is -0.120. The van der Waals surface area contributed by atoms with Crippen LogP contribution in [-0.4, -0.2) is 49.0 Å². The second kappa shape index (κ2) is 8.08. The monoisotopic (exact) mass is 215 g/mol. The number of hydrogen-bond acceptors (Lipinski definition) is 3. The molecule has 0 bridgehead atoms. The number of nitrogens with zero attached hydrogens (tertiary/aromatic N) is 1. The molecule has 1 aliphatic heterocycles. The Morgan fingerprint density at radius 3 is 2.53 bits per heavy atom.